The van der Waals surface area contributed by atoms with Crippen molar-refractivity contribution in [1.82, 2.24) is 5.43 Å². The number of aryl methyl sites for hydroxylation is 1. The lowest BCUT2D eigenvalue weighted by atomic mass is 10.1. The highest BCUT2D eigenvalue weighted by atomic mass is 16.5. The number of benzene rings is 2. The molecule has 2 aromatic carbocycles. The fourth-order valence-electron chi connectivity index (χ4n) is 1.83. The molecule has 0 heterocycles. The van der Waals surface area contributed by atoms with E-state index in [1.54, 1.807) is 30.5 Å². The fraction of sp³-hybridized carbons (Fsp3) is 0.176. The van der Waals surface area contributed by atoms with Crippen LogP contribution in [0.5, 0.6) is 5.75 Å². The predicted molar refractivity (Wildman–Crippen MR) is 83.9 cm³/mol. The van der Waals surface area contributed by atoms with Gasteiger partial charge in [0, 0.05) is 5.56 Å². The molecule has 4 heteroatoms. The van der Waals surface area contributed by atoms with Gasteiger partial charge in [-0.3, -0.25) is 4.79 Å². The van der Waals surface area contributed by atoms with Crippen LogP contribution >= 0.6 is 0 Å². The fourth-order valence-corrected chi connectivity index (χ4v) is 1.83. The maximum atomic E-state index is 11.9. The van der Waals surface area contributed by atoms with Gasteiger partial charge >= 0.3 is 0 Å². The molecule has 0 bridgehead atoms. The van der Waals surface area contributed by atoms with Crippen molar-refractivity contribution in [3.8, 4) is 5.75 Å². The van der Waals surface area contributed by atoms with E-state index in [1.807, 2.05) is 38.1 Å². The van der Waals surface area contributed by atoms with Crippen LogP contribution in [-0.2, 0) is 0 Å². The highest BCUT2D eigenvalue weighted by molar-refractivity contribution is 5.95. The van der Waals surface area contributed by atoms with Crippen molar-refractivity contribution in [2.24, 2.45) is 5.10 Å². The second kappa shape index (κ2) is 7.24. The summed E-state index contributed by atoms with van der Waals surface area (Å²) in [6.45, 7) is 4.52. The van der Waals surface area contributed by atoms with E-state index in [9.17, 15) is 4.79 Å². The third kappa shape index (κ3) is 4.18. The van der Waals surface area contributed by atoms with Gasteiger partial charge < -0.3 is 4.74 Å². The summed E-state index contributed by atoms with van der Waals surface area (Å²) in [5.41, 5.74) is 5.14. The number of carbonyl (C=O) groups is 1. The largest absolute Gasteiger partial charge is 0.494 e. The smallest absolute Gasteiger partial charge is 0.271 e. The van der Waals surface area contributed by atoms with Gasteiger partial charge in [-0.15, -0.1) is 0 Å². The summed E-state index contributed by atoms with van der Waals surface area (Å²) in [7, 11) is 0. The number of carbonyl (C=O) groups excluding carboxylic acids is 1. The van der Waals surface area contributed by atoms with Crippen molar-refractivity contribution in [2.45, 2.75) is 13.8 Å². The number of hydrogen-bond donors (Lipinski definition) is 1. The molecule has 0 aliphatic heterocycles. The second-order valence-electron chi connectivity index (χ2n) is 4.51. The molecule has 0 radical (unpaired) electrons. The van der Waals surface area contributed by atoms with Crippen LogP contribution in [0.1, 0.15) is 28.4 Å². The number of nitrogens with one attached hydrogen (secondary N) is 1. The quantitative estimate of drug-likeness (QED) is 0.676. The Kier molecular flexibility index (Phi) is 5.10. The van der Waals surface area contributed by atoms with Crippen molar-refractivity contribution >= 4 is 12.1 Å². The minimum atomic E-state index is -0.247. The zero-order valence-corrected chi connectivity index (χ0v) is 12.2. The van der Waals surface area contributed by atoms with E-state index in [1.165, 1.54) is 0 Å². The SMILES string of the molecule is CCOc1ccc(C(=O)NN=Cc2ccccc2C)cc1. The van der Waals surface area contributed by atoms with Crippen LogP contribution in [0.15, 0.2) is 53.6 Å². The Hall–Kier alpha value is -2.62. The molecule has 21 heavy (non-hydrogen) atoms. The summed E-state index contributed by atoms with van der Waals surface area (Å²) in [5, 5.41) is 3.98. The van der Waals surface area contributed by atoms with E-state index < -0.39 is 0 Å². The number of amides is 1. The number of hydrogen-bond acceptors (Lipinski definition) is 3. The Balaban J connectivity index is 1.97. The van der Waals surface area contributed by atoms with Crippen LogP contribution in [0, 0.1) is 6.92 Å². The molecule has 4 nitrogen and oxygen atoms in total. The molecule has 0 atom stereocenters. The lowest BCUT2D eigenvalue weighted by molar-refractivity contribution is 0.0955. The normalized spacial score (nSPS) is 10.6. The van der Waals surface area contributed by atoms with Crippen LogP contribution in [0.2, 0.25) is 0 Å². The Bertz CT molecular complexity index is 633. The summed E-state index contributed by atoms with van der Waals surface area (Å²) in [5.74, 6) is 0.500. The number of nitrogens with zero attached hydrogens (tertiary/aromatic N) is 1. The van der Waals surface area contributed by atoms with Gasteiger partial charge in [-0.2, -0.15) is 5.10 Å². The van der Waals surface area contributed by atoms with Crippen molar-refractivity contribution in [3.63, 3.8) is 0 Å². The van der Waals surface area contributed by atoms with E-state index >= 15 is 0 Å². The zero-order valence-electron chi connectivity index (χ0n) is 12.2. The Morgan fingerprint density at radius 2 is 1.90 bits per heavy atom. The van der Waals surface area contributed by atoms with Crippen LogP contribution < -0.4 is 10.2 Å². The molecule has 0 aromatic heterocycles. The zero-order chi connectivity index (χ0) is 15.1. The average molecular weight is 282 g/mol. The van der Waals surface area contributed by atoms with Crippen molar-refractivity contribution < 1.29 is 9.53 Å². The molecule has 2 aromatic rings. The molecule has 0 aliphatic rings. The first-order chi connectivity index (χ1) is 10.2. The van der Waals surface area contributed by atoms with Gasteiger partial charge in [0.25, 0.3) is 5.91 Å². The molecule has 0 aliphatic carbocycles. The minimum Gasteiger partial charge on any atom is -0.494 e. The molecule has 108 valence electrons. The molecule has 1 amide bonds. The third-order valence-corrected chi connectivity index (χ3v) is 2.99. The summed E-state index contributed by atoms with van der Waals surface area (Å²) in [6, 6.07) is 14.8. The summed E-state index contributed by atoms with van der Waals surface area (Å²) in [6.07, 6.45) is 1.64. The molecule has 0 fully saturated rings. The van der Waals surface area contributed by atoms with Gasteiger partial charge in [0.15, 0.2) is 0 Å². The summed E-state index contributed by atoms with van der Waals surface area (Å²) in [4.78, 5) is 11.9. The molecule has 1 N–H and O–H groups in total. The van der Waals surface area contributed by atoms with Crippen molar-refractivity contribution in [2.75, 3.05) is 6.61 Å². The topological polar surface area (TPSA) is 50.7 Å². The van der Waals surface area contributed by atoms with Crippen molar-refractivity contribution in [1.29, 1.82) is 0 Å². The van der Waals surface area contributed by atoms with E-state index in [-0.39, 0.29) is 5.91 Å². The molecular weight excluding hydrogens is 264 g/mol. The van der Waals surface area contributed by atoms with Crippen LogP contribution in [0.3, 0.4) is 0 Å². The summed E-state index contributed by atoms with van der Waals surface area (Å²) < 4.78 is 5.33. The number of rotatable bonds is 5. The van der Waals surface area contributed by atoms with Crippen LogP contribution in [0.25, 0.3) is 0 Å². The Morgan fingerprint density at radius 3 is 2.57 bits per heavy atom. The van der Waals surface area contributed by atoms with Gasteiger partial charge in [0.1, 0.15) is 5.75 Å². The number of ether oxygens (including phenoxy) is 1. The lowest BCUT2D eigenvalue weighted by Gasteiger charge is -2.04. The number of hydrazone groups is 1. The first kappa shape index (κ1) is 14.8. The van der Waals surface area contributed by atoms with E-state index in [2.05, 4.69) is 10.5 Å². The highest BCUT2D eigenvalue weighted by Gasteiger charge is 2.04. The maximum Gasteiger partial charge on any atom is 0.271 e. The molecule has 2 rings (SSSR count). The highest BCUT2D eigenvalue weighted by Crippen LogP contribution is 2.12. The van der Waals surface area contributed by atoms with Gasteiger partial charge in [-0.1, -0.05) is 24.3 Å². The minimum absolute atomic E-state index is 0.247. The Morgan fingerprint density at radius 1 is 1.19 bits per heavy atom. The third-order valence-electron chi connectivity index (χ3n) is 2.99. The van der Waals surface area contributed by atoms with Crippen LogP contribution in [0.4, 0.5) is 0 Å². The van der Waals surface area contributed by atoms with Gasteiger partial charge in [-0.25, -0.2) is 5.43 Å². The first-order valence-electron chi connectivity index (χ1n) is 6.82. The van der Waals surface area contributed by atoms with E-state index in [4.69, 9.17) is 4.74 Å². The Labute approximate surface area is 124 Å². The molecule has 0 saturated carbocycles. The molecule has 0 unspecified atom stereocenters. The van der Waals surface area contributed by atoms with Crippen LogP contribution in [-0.4, -0.2) is 18.7 Å². The lowest BCUT2D eigenvalue weighted by Crippen LogP contribution is -2.17. The summed E-state index contributed by atoms with van der Waals surface area (Å²) >= 11 is 0. The van der Waals surface area contributed by atoms with Gasteiger partial charge in [0.05, 0.1) is 12.8 Å². The monoisotopic (exact) mass is 282 g/mol. The second-order valence-corrected chi connectivity index (χ2v) is 4.51. The molecular formula is C17H18N2O2. The van der Waals surface area contributed by atoms with Gasteiger partial charge in [0.2, 0.25) is 0 Å². The average Bonchev–Trinajstić information content (AvgIpc) is 2.50. The van der Waals surface area contributed by atoms with E-state index in [0.717, 1.165) is 16.9 Å². The predicted octanol–water partition coefficient (Wildman–Crippen LogP) is 3.16. The van der Waals surface area contributed by atoms with Crippen molar-refractivity contribution in [3.05, 3.63) is 65.2 Å². The standard InChI is InChI=1S/C17H18N2O2/c1-3-21-16-10-8-14(9-11-16)17(20)19-18-12-15-7-5-4-6-13(15)2/h4-12H,3H2,1-2H3,(H,19,20). The van der Waals surface area contributed by atoms with Gasteiger partial charge in [-0.05, 0) is 49.2 Å². The molecule has 0 saturated heterocycles. The molecule has 0 spiro atoms. The first-order valence-corrected chi connectivity index (χ1v) is 6.82. The van der Waals surface area contributed by atoms with E-state index in [0.29, 0.717) is 12.2 Å². The maximum absolute atomic E-state index is 11.9.